The Morgan fingerprint density at radius 1 is 1.05 bits per heavy atom. The number of allylic oxidation sites excluding steroid dienone is 3. The summed E-state index contributed by atoms with van der Waals surface area (Å²) in [5, 5.41) is 18.3. The molecular weight excluding hydrogens is 340 g/mol. The van der Waals surface area contributed by atoms with E-state index in [0.29, 0.717) is 5.57 Å². The highest BCUT2D eigenvalue weighted by Gasteiger charge is 2.15. The lowest BCUT2D eigenvalue weighted by Crippen LogP contribution is -1.91. The van der Waals surface area contributed by atoms with Crippen molar-refractivity contribution in [3.05, 3.63) is 50.2 Å². The Morgan fingerprint density at radius 2 is 1.58 bits per heavy atom. The van der Waals surface area contributed by atoms with E-state index in [1.54, 1.807) is 23.5 Å². The maximum Gasteiger partial charge on any atom is 0.138 e. The molecule has 0 saturated carbocycles. The zero-order valence-corrected chi connectivity index (χ0v) is 13.7. The van der Waals surface area contributed by atoms with Crippen molar-refractivity contribution in [3.8, 4) is 12.1 Å². The molecule has 2 nitrogen and oxygen atoms in total. The van der Waals surface area contributed by atoms with Crippen molar-refractivity contribution in [2.24, 2.45) is 0 Å². The number of rotatable bonds is 4. The second-order valence-electron chi connectivity index (χ2n) is 3.35. The third kappa shape index (κ3) is 3.91. The van der Waals surface area contributed by atoms with Crippen LogP contribution in [0.4, 0.5) is 0 Å². The van der Waals surface area contributed by atoms with Gasteiger partial charge in [0.1, 0.15) is 17.7 Å². The molecular formula is C14H11BrN2S2. The third-order valence-electron chi connectivity index (χ3n) is 2.31. The first-order chi connectivity index (χ1) is 9.19. The third-order valence-corrected chi connectivity index (χ3v) is 5.77. The van der Waals surface area contributed by atoms with Crippen LogP contribution in [0.2, 0.25) is 0 Å². The zero-order valence-electron chi connectivity index (χ0n) is 10.5. The van der Waals surface area contributed by atoms with Crippen molar-refractivity contribution in [3.63, 3.8) is 0 Å². The SMILES string of the molecule is CSC(SC)=C(Br)C(=C(C#N)C#N)c1ccccc1. The summed E-state index contributed by atoms with van der Waals surface area (Å²) in [6.07, 6.45) is 3.93. The first-order valence-electron chi connectivity index (χ1n) is 5.27. The van der Waals surface area contributed by atoms with E-state index >= 15 is 0 Å². The molecule has 0 aliphatic heterocycles. The summed E-state index contributed by atoms with van der Waals surface area (Å²) in [5.41, 5.74) is 1.61. The van der Waals surface area contributed by atoms with Gasteiger partial charge in [-0.25, -0.2) is 0 Å². The molecule has 5 heteroatoms. The van der Waals surface area contributed by atoms with Gasteiger partial charge < -0.3 is 0 Å². The Bertz CT molecular complexity index is 570. The summed E-state index contributed by atoms with van der Waals surface area (Å²) < 4.78 is 1.82. The summed E-state index contributed by atoms with van der Waals surface area (Å²) in [6, 6.07) is 13.4. The average molecular weight is 351 g/mol. The summed E-state index contributed by atoms with van der Waals surface area (Å²) in [4.78, 5) is 0. The van der Waals surface area contributed by atoms with Gasteiger partial charge in [0, 0.05) is 10.1 Å². The molecule has 96 valence electrons. The van der Waals surface area contributed by atoms with E-state index in [1.165, 1.54) is 0 Å². The fourth-order valence-electron chi connectivity index (χ4n) is 1.49. The molecule has 0 amide bonds. The minimum absolute atomic E-state index is 0.110. The maximum atomic E-state index is 9.15. The highest BCUT2D eigenvalue weighted by Crippen LogP contribution is 2.40. The second kappa shape index (κ2) is 8.12. The molecule has 0 unspecified atom stereocenters. The number of nitrogens with zero attached hydrogens (tertiary/aromatic N) is 2. The van der Waals surface area contributed by atoms with Crippen LogP contribution >= 0.6 is 39.5 Å². The fourth-order valence-corrected chi connectivity index (χ4v) is 4.11. The first-order valence-corrected chi connectivity index (χ1v) is 8.51. The van der Waals surface area contributed by atoms with E-state index < -0.39 is 0 Å². The Balaban J connectivity index is 3.58. The van der Waals surface area contributed by atoms with Gasteiger partial charge in [-0.2, -0.15) is 10.5 Å². The molecule has 0 spiro atoms. The van der Waals surface area contributed by atoms with Gasteiger partial charge in [-0.1, -0.05) is 30.3 Å². The summed E-state index contributed by atoms with van der Waals surface area (Å²) in [6.45, 7) is 0. The van der Waals surface area contributed by atoms with Crippen molar-refractivity contribution in [2.45, 2.75) is 0 Å². The number of benzene rings is 1. The first kappa shape index (κ1) is 15.9. The lowest BCUT2D eigenvalue weighted by molar-refractivity contribution is 1.46. The quantitative estimate of drug-likeness (QED) is 0.579. The van der Waals surface area contributed by atoms with E-state index in [2.05, 4.69) is 15.9 Å². The van der Waals surface area contributed by atoms with Gasteiger partial charge in [-0.15, -0.1) is 23.5 Å². The summed E-state index contributed by atoms with van der Waals surface area (Å²) in [7, 11) is 0. The standard InChI is InChI=1S/C14H11BrN2S2/c1-18-14(19-2)13(15)12(11(8-16)9-17)10-6-4-3-5-7-10/h3-7H,1-2H3. The number of hydrogen-bond donors (Lipinski definition) is 0. The number of nitriles is 2. The molecule has 19 heavy (non-hydrogen) atoms. The molecule has 0 bridgehead atoms. The molecule has 1 rings (SSSR count). The number of halogens is 1. The van der Waals surface area contributed by atoms with E-state index in [0.717, 1.165) is 14.3 Å². The average Bonchev–Trinajstić information content (AvgIpc) is 2.46. The van der Waals surface area contributed by atoms with Gasteiger partial charge in [-0.05, 0) is 34.0 Å². The normalized spacial score (nSPS) is 9.11. The predicted octanol–water partition coefficient (Wildman–Crippen LogP) is 4.78. The molecule has 0 radical (unpaired) electrons. The van der Waals surface area contributed by atoms with Crippen LogP contribution in [0.15, 0.2) is 44.6 Å². The molecule has 0 aromatic heterocycles. The highest BCUT2D eigenvalue weighted by atomic mass is 79.9. The van der Waals surface area contributed by atoms with Crippen LogP contribution in [0.25, 0.3) is 5.57 Å². The van der Waals surface area contributed by atoms with Crippen molar-refractivity contribution in [1.82, 2.24) is 0 Å². The van der Waals surface area contributed by atoms with Gasteiger partial charge in [0.2, 0.25) is 0 Å². The van der Waals surface area contributed by atoms with Crippen LogP contribution in [0.3, 0.4) is 0 Å². The topological polar surface area (TPSA) is 47.6 Å². The Labute approximate surface area is 130 Å². The number of thioether (sulfide) groups is 2. The molecule has 0 aliphatic rings. The van der Waals surface area contributed by atoms with Gasteiger partial charge >= 0.3 is 0 Å². The Hall–Kier alpha value is -1.14. The lowest BCUT2D eigenvalue weighted by Gasteiger charge is -2.11. The minimum atomic E-state index is 0.110. The molecule has 0 heterocycles. The van der Waals surface area contributed by atoms with E-state index in [-0.39, 0.29) is 5.57 Å². The van der Waals surface area contributed by atoms with Crippen molar-refractivity contribution >= 4 is 45.0 Å². The van der Waals surface area contributed by atoms with Gasteiger partial charge in [0.25, 0.3) is 0 Å². The van der Waals surface area contributed by atoms with Crippen LogP contribution in [-0.4, -0.2) is 12.5 Å². The predicted molar refractivity (Wildman–Crippen MR) is 87.6 cm³/mol. The Morgan fingerprint density at radius 3 is 2.00 bits per heavy atom. The fraction of sp³-hybridized carbons (Fsp3) is 0.143. The second-order valence-corrected chi connectivity index (χ2v) is 6.03. The van der Waals surface area contributed by atoms with Gasteiger partial charge in [0.05, 0.1) is 4.24 Å². The van der Waals surface area contributed by atoms with Crippen molar-refractivity contribution in [2.75, 3.05) is 12.5 Å². The van der Waals surface area contributed by atoms with Crippen molar-refractivity contribution in [1.29, 1.82) is 10.5 Å². The number of hydrogen-bond acceptors (Lipinski definition) is 4. The molecule has 0 aliphatic carbocycles. The highest BCUT2D eigenvalue weighted by molar-refractivity contribution is 9.12. The zero-order chi connectivity index (χ0) is 14.3. The van der Waals surface area contributed by atoms with Crippen LogP contribution in [0.1, 0.15) is 5.56 Å². The van der Waals surface area contributed by atoms with Crippen LogP contribution in [0.5, 0.6) is 0 Å². The van der Waals surface area contributed by atoms with E-state index in [4.69, 9.17) is 10.5 Å². The van der Waals surface area contributed by atoms with Gasteiger partial charge in [0.15, 0.2) is 0 Å². The molecule has 0 saturated heterocycles. The van der Waals surface area contributed by atoms with E-state index in [1.807, 2.05) is 55.0 Å². The van der Waals surface area contributed by atoms with Crippen LogP contribution in [-0.2, 0) is 0 Å². The smallest absolute Gasteiger partial charge is 0.138 e. The molecule has 0 fully saturated rings. The molecule has 1 aromatic carbocycles. The summed E-state index contributed by atoms with van der Waals surface area (Å²) in [5.74, 6) is 0. The van der Waals surface area contributed by atoms with Crippen LogP contribution < -0.4 is 0 Å². The van der Waals surface area contributed by atoms with Crippen LogP contribution in [0, 0.1) is 22.7 Å². The monoisotopic (exact) mass is 350 g/mol. The largest absolute Gasteiger partial charge is 0.192 e. The Kier molecular flexibility index (Phi) is 6.80. The summed E-state index contributed by atoms with van der Waals surface area (Å²) >= 11 is 6.69. The molecule has 0 N–H and O–H groups in total. The van der Waals surface area contributed by atoms with Gasteiger partial charge in [-0.3, -0.25) is 0 Å². The lowest BCUT2D eigenvalue weighted by atomic mass is 10.0. The molecule has 0 atom stereocenters. The van der Waals surface area contributed by atoms with E-state index in [9.17, 15) is 0 Å². The molecule has 1 aromatic rings. The minimum Gasteiger partial charge on any atom is -0.192 e. The van der Waals surface area contributed by atoms with Crippen molar-refractivity contribution < 1.29 is 0 Å². The maximum absolute atomic E-state index is 9.15.